The van der Waals surface area contributed by atoms with E-state index < -0.39 is 0 Å². The number of carbonyl (C=O) groups excluding carboxylic acids is 1. The Hall–Kier alpha value is -1.06. The third-order valence-corrected chi connectivity index (χ3v) is 4.61. The molecule has 0 unspecified atom stereocenters. The molecule has 1 fully saturated rings. The number of rotatable bonds is 6. The number of piperidine rings is 1. The van der Waals surface area contributed by atoms with Crippen LogP contribution in [0.25, 0.3) is 0 Å². The molecule has 0 bridgehead atoms. The van der Waals surface area contributed by atoms with Gasteiger partial charge in [0.2, 0.25) is 5.91 Å². The summed E-state index contributed by atoms with van der Waals surface area (Å²) in [5, 5.41) is 6.59. The lowest BCUT2D eigenvalue weighted by Crippen LogP contribution is -2.45. The van der Waals surface area contributed by atoms with Crippen LogP contribution in [0.4, 0.5) is 0 Å². The van der Waals surface area contributed by atoms with Crippen LogP contribution < -0.4 is 10.6 Å². The zero-order chi connectivity index (χ0) is 16.0. The van der Waals surface area contributed by atoms with Crippen LogP contribution in [0.1, 0.15) is 50.7 Å². The van der Waals surface area contributed by atoms with E-state index in [0.29, 0.717) is 12.3 Å². The fourth-order valence-electron chi connectivity index (χ4n) is 3.27. The summed E-state index contributed by atoms with van der Waals surface area (Å²) >= 11 is 0. The molecule has 130 valence electrons. The lowest BCUT2D eigenvalue weighted by Gasteiger charge is -2.28. The number of benzene rings is 1. The number of aryl methyl sites for hydroxylation is 1. The molecule has 23 heavy (non-hydrogen) atoms. The van der Waals surface area contributed by atoms with Gasteiger partial charge in [-0.1, -0.05) is 24.3 Å². The summed E-state index contributed by atoms with van der Waals surface area (Å²) in [6.07, 6.45) is 4.97. The Kier molecular flexibility index (Phi) is 8.07. The quantitative estimate of drug-likeness (QED) is 0.831. The molecule has 0 aliphatic carbocycles. The molecule has 0 atom stereocenters. The monoisotopic (exact) mass is 338 g/mol. The molecule has 1 aromatic rings. The van der Waals surface area contributed by atoms with Gasteiger partial charge in [-0.05, 0) is 76.6 Å². The molecule has 1 saturated heterocycles. The van der Waals surface area contributed by atoms with Gasteiger partial charge in [-0.2, -0.15) is 0 Å². The van der Waals surface area contributed by atoms with Crippen LogP contribution in [0.2, 0.25) is 0 Å². The van der Waals surface area contributed by atoms with Gasteiger partial charge in [0.05, 0.1) is 0 Å². The second-order valence-electron chi connectivity index (χ2n) is 7.27. The first-order valence-corrected chi connectivity index (χ1v) is 8.52. The first kappa shape index (κ1) is 20.0. The van der Waals surface area contributed by atoms with Crippen LogP contribution in [0.15, 0.2) is 24.3 Å². The van der Waals surface area contributed by atoms with E-state index in [-0.39, 0.29) is 23.9 Å². The third kappa shape index (κ3) is 6.92. The summed E-state index contributed by atoms with van der Waals surface area (Å²) < 4.78 is 0. The van der Waals surface area contributed by atoms with E-state index in [1.54, 1.807) is 0 Å². The maximum atomic E-state index is 12.2. The van der Waals surface area contributed by atoms with E-state index in [4.69, 9.17) is 0 Å². The summed E-state index contributed by atoms with van der Waals surface area (Å²) in [4.78, 5) is 12.2. The molecule has 1 aliphatic rings. The van der Waals surface area contributed by atoms with Crippen molar-refractivity contribution in [2.24, 2.45) is 5.92 Å². The van der Waals surface area contributed by atoms with Crippen molar-refractivity contribution < 1.29 is 4.79 Å². The van der Waals surface area contributed by atoms with Gasteiger partial charge in [0.25, 0.3) is 0 Å². The molecule has 2 N–H and O–H groups in total. The summed E-state index contributed by atoms with van der Waals surface area (Å²) in [6.45, 7) is 8.56. The van der Waals surface area contributed by atoms with Crippen LogP contribution in [0.3, 0.4) is 0 Å². The van der Waals surface area contributed by atoms with Gasteiger partial charge in [-0.15, -0.1) is 12.4 Å². The number of hydrogen-bond donors (Lipinski definition) is 2. The molecule has 3 nitrogen and oxygen atoms in total. The lowest BCUT2D eigenvalue weighted by atomic mass is 9.91. The average Bonchev–Trinajstić information content (AvgIpc) is 2.48. The second kappa shape index (κ2) is 9.29. The SMILES string of the molecule is Cc1ccccc1CC(C)(C)NC(=O)CCC1CCNCC1.Cl. The first-order chi connectivity index (χ1) is 10.5. The van der Waals surface area contributed by atoms with E-state index in [1.807, 2.05) is 0 Å². The number of nitrogens with one attached hydrogen (secondary N) is 2. The minimum Gasteiger partial charge on any atom is -0.351 e. The first-order valence-electron chi connectivity index (χ1n) is 8.52. The normalized spacial score (nSPS) is 15.8. The van der Waals surface area contributed by atoms with Gasteiger partial charge in [-0.3, -0.25) is 4.79 Å². The highest BCUT2D eigenvalue weighted by Gasteiger charge is 2.22. The molecule has 1 aromatic carbocycles. The molecular weight excluding hydrogens is 308 g/mol. The summed E-state index contributed by atoms with van der Waals surface area (Å²) in [5.41, 5.74) is 2.41. The van der Waals surface area contributed by atoms with Crippen molar-refractivity contribution >= 4 is 18.3 Å². The minimum absolute atomic E-state index is 0. The van der Waals surface area contributed by atoms with Crippen molar-refractivity contribution in [2.75, 3.05) is 13.1 Å². The molecule has 1 heterocycles. The molecule has 2 rings (SSSR count). The molecule has 4 heteroatoms. The fourth-order valence-corrected chi connectivity index (χ4v) is 3.27. The summed E-state index contributed by atoms with van der Waals surface area (Å²) in [5.74, 6) is 0.906. The van der Waals surface area contributed by atoms with Gasteiger partial charge in [0, 0.05) is 12.0 Å². The Morgan fingerprint density at radius 1 is 1.26 bits per heavy atom. The molecule has 1 amide bonds. The zero-order valence-corrected chi connectivity index (χ0v) is 15.5. The topological polar surface area (TPSA) is 41.1 Å². The van der Waals surface area contributed by atoms with Crippen molar-refractivity contribution in [1.82, 2.24) is 10.6 Å². The molecule has 0 spiro atoms. The van der Waals surface area contributed by atoms with Crippen molar-refractivity contribution in [3.63, 3.8) is 0 Å². The van der Waals surface area contributed by atoms with Gasteiger partial charge >= 0.3 is 0 Å². The maximum Gasteiger partial charge on any atom is 0.220 e. The van der Waals surface area contributed by atoms with E-state index in [9.17, 15) is 4.79 Å². The van der Waals surface area contributed by atoms with Crippen molar-refractivity contribution in [1.29, 1.82) is 0 Å². The lowest BCUT2D eigenvalue weighted by molar-refractivity contribution is -0.123. The number of hydrogen-bond acceptors (Lipinski definition) is 2. The van der Waals surface area contributed by atoms with Gasteiger partial charge in [0.15, 0.2) is 0 Å². The van der Waals surface area contributed by atoms with E-state index in [2.05, 4.69) is 55.7 Å². The van der Waals surface area contributed by atoms with Gasteiger partial charge in [-0.25, -0.2) is 0 Å². The Balaban J connectivity index is 0.00000264. The Morgan fingerprint density at radius 2 is 1.91 bits per heavy atom. The van der Waals surface area contributed by atoms with Crippen molar-refractivity contribution in [2.45, 2.75) is 58.4 Å². The van der Waals surface area contributed by atoms with Crippen LogP contribution in [0, 0.1) is 12.8 Å². The molecule has 1 aliphatic heterocycles. The van der Waals surface area contributed by atoms with Crippen LogP contribution in [-0.4, -0.2) is 24.5 Å². The van der Waals surface area contributed by atoms with E-state index >= 15 is 0 Å². The highest BCUT2D eigenvalue weighted by Crippen LogP contribution is 2.19. The van der Waals surface area contributed by atoms with Gasteiger partial charge in [0.1, 0.15) is 0 Å². The smallest absolute Gasteiger partial charge is 0.220 e. The highest BCUT2D eigenvalue weighted by atomic mass is 35.5. The van der Waals surface area contributed by atoms with E-state index in [0.717, 1.165) is 25.9 Å². The largest absolute Gasteiger partial charge is 0.351 e. The average molecular weight is 339 g/mol. The number of amides is 1. The van der Waals surface area contributed by atoms with E-state index in [1.165, 1.54) is 24.0 Å². The molecular formula is C19H31ClN2O. The van der Waals surface area contributed by atoms with Crippen LogP contribution >= 0.6 is 12.4 Å². The van der Waals surface area contributed by atoms with Crippen molar-refractivity contribution in [3.8, 4) is 0 Å². The predicted molar refractivity (Wildman–Crippen MR) is 99.2 cm³/mol. The second-order valence-corrected chi connectivity index (χ2v) is 7.27. The fraction of sp³-hybridized carbons (Fsp3) is 0.632. The molecule has 0 aromatic heterocycles. The highest BCUT2D eigenvalue weighted by molar-refractivity contribution is 5.85. The molecule has 0 radical (unpaired) electrons. The summed E-state index contributed by atoms with van der Waals surface area (Å²) in [7, 11) is 0. The zero-order valence-electron chi connectivity index (χ0n) is 14.7. The molecule has 0 saturated carbocycles. The third-order valence-electron chi connectivity index (χ3n) is 4.61. The van der Waals surface area contributed by atoms with Gasteiger partial charge < -0.3 is 10.6 Å². The van der Waals surface area contributed by atoms with Crippen molar-refractivity contribution in [3.05, 3.63) is 35.4 Å². The number of halogens is 1. The summed E-state index contributed by atoms with van der Waals surface area (Å²) in [6, 6.07) is 8.41. The maximum absolute atomic E-state index is 12.2. The number of carbonyl (C=O) groups is 1. The Bertz CT molecular complexity index is 496. The predicted octanol–water partition coefficient (Wildman–Crippen LogP) is 3.63. The van der Waals surface area contributed by atoms with Crippen LogP contribution in [-0.2, 0) is 11.2 Å². The standard InChI is InChI=1S/C19H30N2O.ClH/c1-15-6-4-5-7-17(15)14-19(2,3)21-18(22)9-8-16-10-12-20-13-11-16;/h4-7,16,20H,8-14H2,1-3H3,(H,21,22);1H. The van der Waals surface area contributed by atoms with Crippen LogP contribution in [0.5, 0.6) is 0 Å². The Morgan fingerprint density at radius 3 is 2.57 bits per heavy atom. The Labute approximate surface area is 147 Å². The minimum atomic E-state index is -0.197.